The predicted octanol–water partition coefficient (Wildman–Crippen LogP) is 5.16. The van der Waals surface area contributed by atoms with Gasteiger partial charge in [0, 0.05) is 16.3 Å². The third kappa shape index (κ3) is 4.18. The summed E-state index contributed by atoms with van der Waals surface area (Å²) in [5, 5.41) is 7.92. The highest BCUT2D eigenvalue weighted by Crippen LogP contribution is 2.24. The van der Waals surface area contributed by atoms with Crippen molar-refractivity contribution in [2.24, 2.45) is 0 Å². The molecule has 0 spiro atoms. The van der Waals surface area contributed by atoms with Gasteiger partial charge in [0.1, 0.15) is 5.75 Å². The van der Waals surface area contributed by atoms with E-state index in [-0.39, 0.29) is 11.7 Å². The lowest BCUT2D eigenvalue weighted by molar-refractivity contribution is 0.101. The second-order valence-corrected chi connectivity index (χ2v) is 7.13. The average Bonchev–Trinajstić information content (AvgIpc) is 3.21. The molecule has 0 atom stereocenters. The van der Waals surface area contributed by atoms with Gasteiger partial charge >= 0.3 is 0 Å². The maximum absolute atomic E-state index is 12.8. The molecule has 1 heterocycles. The number of nitrogens with zero attached hydrogens (tertiary/aromatic N) is 3. The Morgan fingerprint density at radius 3 is 2.27 bits per heavy atom. The lowest BCUT2D eigenvalue weighted by Crippen LogP contribution is -2.14. The summed E-state index contributed by atoms with van der Waals surface area (Å²) in [6.45, 7) is 1.99. The fourth-order valence-corrected chi connectivity index (χ4v) is 3.05. The summed E-state index contributed by atoms with van der Waals surface area (Å²) >= 11 is 6.03. The largest absolute Gasteiger partial charge is 0.497 e. The van der Waals surface area contributed by atoms with E-state index >= 15 is 0 Å². The molecule has 1 aromatic heterocycles. The summed E-state index contributed by atoms with van der Waals surface area (Å²) in [6.07, 6.45) is 0. The minimum Gasteiger partial charge on any atom is -0.497 e. The molecule has 150 valence electrons. The van der Waals surface area contributed by atoms with Gasteiger partial charge in [0.2, 0.25) is 5.82 Å². The fraction of sp³-hybridized carbons (Fsp3) is 0.0870. The van der Waals surface area contributed by atoms with Gasteiger partial charge in [-0.3, -0.25) is 4.79 Å². The van der Waals surface area contributed by atoms with E-state index in [4.69, 9.17) is 16.3 Å². The van der Waals surface area contributed by atoms with Crippen LogP contribution in [0.1, 0.15) is 16.2 Å². The quantitative estimate of drug-likeness (QED) is 0.486. The van der Waals surface area contributed by atoms with Gasteiger partial charge in [-0.15, -0.1) is 5.10 Å². The van der Waals surface area contributed by atoms with E-state index in [0.717, 1.165) is 22.6 Å². The molecule has 0 bridgehead atoms. The number of ether oxygens (including phenoxy) is 1. The molecule has 0 radical (unpaired) electrons. The first-order valence-corrected chi connectivity index (χ1v) is 9.67. The Kier molecular flexibility index (Phi) is 5.50. The van der Waals surface area contributed by atoms with Crippen LogP contribution in [0.3, 0.4) is 0 Å². The molecule has 0 aliphatic heterocycles. The molecule has 6 nitrogen and oxygen atoms in total. The molecule has 0 unspecified atom stereocenters. The highest BCUT2D eigenvalue weighted by molar-refractivity contribution is 6.30. The molecule has 3 aromatic carbocycles. The zero-order valence-electron chi connectivity index (χ0n) is 16.5. The number of rotatable bonds is 5. The zero-order valence-corrected chi connectivity index (χ0v) is 17.2. The van der Waals surface area contributed by atoms with Crippen molar-refractivity contribution in [1.82, 2.24) is 14.8 Å². The van der Waals surface area contributed by atoms with Crippen molar-refractivity contribution in [3.05, 3.63) is 89.2 Å². The third-order valence-electron chi connectivity index (χ3n) is 4.54. The first-order valence-electron chi connectivity index (χ1n) is 9.29. The summed E-state index contributed by atoms with van der Waals surface area (Å²) in [6, 6.07) is 22.1. The number of amides is 1. The van der Waals surface area contributed by atoms with E-state index in [1.54, 1.807) is 23.9 Å². The maximum atomic E-state index is 12.8. The van der Waals surface area contributed by atoms with Gasteiger partial charge in [-0.1, -0.05) is 29.3 Å². The van der Waals surface area contributed by atoms with Crippen molar-refractivity contribution in [3.8, 4) is 22.8 Å². The number of hydrogen-bond donors (Lipinski definition) is 1. The Labute approximate surface area is 179 Å². The van der Waals surface area contributed by atoms with Crippen molar-refractivity contribution >= 4 is 23.2 Å². The van der Waals surface area contributed by atoms with Gasteiger partial charge < -0.3 is 10.1 Å². The Hall–Kier alpha value is -3.64. The van der Waals surface area contributed by atoms with Crippen LogP contribution in [0, 0.1) is 6.92 Å². The van der Waals surface area contributed by atoms with Crippen molar-refractivity contribution in [2.45, 2.75) is 6.92 Å². The Balaban J connectivity index is 1.73. The van der Waals surface area contributed by atoms with E-state index < -0.39 is 0 Å². The van der Waals surface area contributed by atoms with Crippen LogP contribution in [0.15, 0.2) is 72.8 Å². The van der Waals surface area contributed by atoms with Crippen LogP contribution in [0.2, 0.25) is 5.02 Å². The lowest BCUT2D eigenvalue weighted by atomic mass is 10.2. The van der Waals surface area contributed by atoms with E-state index in [0.29, 0.717) is 16.5 Å². The molecule has 1 N–H and O–H groups in total. The van der Waals surface area contributed by atoms with Crippen LogP contribution in [0.4, 0.5) is 5.69 Å². The highest BCUT2D eigenvalue weighted by Gasteiger charge is 2.19. The van der Waals surface area contributed by atoms with E-state index in [9.17, 15) is 4.79 Å². The Bertz CT molecular complexity index is 1170. The molecule has 30 heavy (non-hydrogen) atoms. The number of aryl methyl sites for hydroxylation is 1. The molecule has 4 rings (SSSR count). The van der Waals surface area contributed by atoms with Crippen LogP contribution in [-0.2, 0) is 0 Å². The van der Waals surface area contributed by atoms with E-state index in [2.05, 4.69) is 15.4 Å². The van der Waals surface area contributed by atoms with Crippen LogP contribution in [0.25, 0.3) is 17.1 Å². The van der Waals surface area contributed by atoms with Crippen molar-refractivity contribution < 1.29 is 9.53 Å². The third-order valence-corrected chi connectivity index (χ3v) is 4.79. The molecule has 0 saturated heterocycles. The number of aromatic nitrogens is 3. The molecule has 0 aliphatic rings. The molecule has 1 amide bonds. The first kappa shape index (κ1) is 19.7. The maximum Gasteiger partial charge on any atom is 0.295 e. The van der Waals surface area contributed by atoms with Crippen molar-refractivity contribution in [3.63, 3.8) is 0 Å². The normalized spacial score (nSPS) is 10.6. The number of benzene rings is 3. The smallest absolute Gasteiger partial charge is 0.295 e. The van der Waals surface area contributed by atoms with Crippen LogP contribution >= 0.6 is 11.6 Å². The molecule has 0 saturated carbocycles. The van der Waals surface area contributed by atoms with E-state index in [1.165, 1.54) is 0 Å². The standard InChI is InChI=1S/C23H19ClN4O2/c1-15-3-9-18(10-4-15)25-23(29)21-26-22(16-5-7-17(24)8-6-16)28(27-21)19-11-13-20(30-2)14-12-19/h3-14H,1-2H3,(H,25,29). The van der Waals surface area contributed by atoms with Gasteiger partial charge in [0.05, 0.1) is 12.8 Å². The van der Waals surface area contributed by atoms with Gasteiger partial charge in [0.15, 0.2) is 5.82 Å². The Morgan fingerprint density at radius 2 is 1.63 bits per heavy atom. The summed E-state index contributed by atoms with van der Waals surface area (Å²) in [5.74, 6) is 0.938. The topological polar surface area (TPSA) is 69.0 Å². The number of methoxy groups -OCH3 is 1. The molecular formula is C23H19ClN4O2. The number of hydrogen-bond acceptors (Lipinski definition) is 4. The summed E-state index contributed by atoms with van der Waals surface area (Å²) in [5.41, 5.74) is 3.33. The highest BCUT2D eigenvalue weighted by atomic mass is 35.5. The number of halogens is 1. The van der Waals surface area contributed by atoms with Crippen LogP contribution < -0.4 is 10.1 Å². The molecule has 7 heteroatoms. The monoisotopic (exact) mass is 418 g/mol. The van der Waals surface area contributed by atoms with Gasteiger partial charge in [-0.25, -0.2) is 9.67 Å². The summed E-state index contributed by atoms with van der Waals surface area (Å²) in [7, 11) is 1.61. The number of nitrogens with one attached hydrogen (secondary N) is 1. The fourth-order valence-electron chi connectivity index (χ4n) is 2.92. The number of anilines is 1. The van der Waals surface area contributed by atoms with Gasteiger partial charge in [-0.2, -0.15) is 0 Å². The van der Waals surface area contributed by atoms with Gasteiger partial charge in [-0.05, 0) is 67.6 Å². The SMILES string of the molecule is COc1ccc(-n2nc(C(=O)Nc3ccc(C)cc3)nc2-c2ccc(Cl)cc2)cc1. The second-order valence-electron chi connectivity index (χ2n) is 6.70. The molecule has 4 aromatic rings. The van der Waals surface area contributed by atoms with E-state index in [1.807, 2.05) is 67.6 Å². The van der Waals surface area contributed by atoms with Crippen LogP contribution in [0.5, 0.6) is 5.75 Å². The summed E-state index contributed by atoms with van der Waals surface area (Å²) in [4.78, 5) is 17.3. The lowest BCUT2D eigenvalue weighted by Gasteiger charge is -2.07. The second kappa shape index (κ2) is 8.39. The average molecular weight is 419 g/mol. The van der Waals surface area contributed by atoms with Crippen molar-refractivity contribution in [1.29, 1.82) is 0 Å². The van der Waals surface area contributed by atoms with Gasteiger partial charge in [0.25, 0.3) is 5.91 Å². The minimum atomic E-state index is -0.388. The molecule has 0 fully saturated rings. The first-order chi connectivity index (χ1) is 14.5. The minimum absolute atomic E-state index is 0.0661. The summed E-state index contributed by atoms with van der Waals surface area (Å²) < 4.78 is 6.86. The number of carbonyl (C=O) groups is 1. The predicted molar refractivity (Wildman–Crippen MR) is 117 cm³/mol. The number of carbonyl (C=O) groups excluding carboxylic acids is 1. The van der Waals surface area contributed by atoms with Crippen LogP contribution in [-0.4, -0.2) is 27.8 Å². The molecule has 0 aliphatic carbocycles. The molecular weight excluding hydrogens is 400 g/mol. The Morgan fingerprint density at radius 1 is 0.967 bits per heavy atom. The van der Waals surface area contributed by atoms with Crippen molar-refractivity contribution in [2.75, 3.05) is 12.4 Å². The zero-order chi connectivity index (χ0) is 21.1.